The zero-order valence-corrected chi connectivity index (χ0v) is 13.7. The van der Waals surface area contributed by atoms with E-state index in [0.29, 0.717) is 11.6 Å². The van der Waals surface area contributed by atoms with Gasteiger partial charge in [0, 0.05) is 5.56 Å². The fourth-order valence-corrected chi connectivity index (χ4v) is 2.22. The van der Waals surface area contributed by atoms with Gasteiger partial charge in [0.25, 0.3) is 5.88 Å². The average Bonchev–Trinajstić information content (AvgIpc) is 2.37. The molecule has 1 aromatic carbocycles. The Morgan fingerprint density at radius 1 is 1.14 bits per heavy atom. The SMILES string of the molecule is COc1c(Cl)ncnc1Oc1cc(C)ccc1C(C)(C)C. The molecule has 0 N–H and O–H groups in total. The topological polar surface area (TPSA) is 44.2 Å². The zero-order chi connectivity index (χ0) is 15.6. The molecular weight excluding hydrogens is 288 g/mol. The first-order chi connectivity index (χ1) is 9.82. The predicted octanol–water partition coefficient (Wildman–Crippen LogP) is 4.54. The Hall–Kier alpha value is -1.81. The van der Waals surface area contributed by atoms with Gasteiger partial charge in [-0.15, -0.1) is 0 Å². The molecule has 21 heavy (non-hydrogen) atoms. The van der Waals surface area contributed by atoms with Crippen molar-refractivity contribution in [3.8, 4) is 17.4 Å². The molecule has 4 nitrogen and oxygen atoms in total. The average molecular weight is 307 g/mol. The maximum atomic E-state index is 6.00. The Kier molecular flexibility index (Phi) is 4.37. The van der Waals surface area contributed by atoms with Crippen LogP contribution in [0.4, 0.5) is 0 Å². The molecule has 0 unspecified atom stereocenters. The molecule has 0 radical (unpaired) electrons. The highest BCUT2D eigenvalue weighted by Crippen LogP contribution is 2.38. The lowest BCUT2D eigenvalue weighted by atomic mass is 9.86. The maximum Gasteiger partial charge on any atom is 0.267 e. The third-order valence-corrected chi connectivity index (χ3v) is 3.35. The van der Waals surface area contributed by atoms with Gasteiger partial charge in [-0.3, -0.25) is 0 Å². The Labute approximate surface area is 130 Å². The summed E-state index contributed by atoms with van der Waals surface area (Å²) in [5.74, 6) is 1.39. The molecule has 0 fully saturated rings. The van der Waals surface area contributed by atoms with Crippen LogP contribution in [0.5, 0.6) is 17.4 Å². The number of halogens is 1. The fourth-order valence-electron chi connectivity index (χ4n) is 2.02. The van der Waals surface area contributed by atoms with E-state index in [4.69, 9.17) is 21.1 Å². The Morgan fingerprint density at radius 3 is 2.48 bits per heavy atom. The molecular formula is C16H19ClN2O2. The number of hydrogen-bond acceptors (Lipinski definition) is 4. The summed E-state index contributed by atoms with van der Waals surface area (Å²) < 4.78 is 11.2. The lowest BCUT2D eigenvalue weighted by molar-refractivity contribution is 0.362. The molecule has 1 heterocycles. The van der Waals surface area contributed by atoms with E-state index in [1.165, 1.54) is 13.4 Å². The van der Waals surface area contributed by atoms with E-state index in [1.807, 2.05) is 13.0 Å². The van der Waals surface area contributed by atoms with Crippen molar-refractivity contribution in [2.75, 3.05) is 7.11 Å². The third-order valence-electron chi connectivity index (χ3n) is 3.08. The van der Waals surface area contributed by atoms with Gasteiger partial charge in [-0.2, -0.15) is 4.98 Å². The van der Waals surface area contributed by atoms with Crippen molar-refractivity contribution in [3.63, 3.8) is 0 Å². The summed E-state index contributed by atoms with van der Waals surface area (Å²) in [6.45, 7) is 8.42. The monoisotopic (exact) mass is 306 g/mol. The number of aromatic nitrogens is 2. The van der Waals surface area contributed by atoms with Crippen molar-refractivity contribution in [3.05, 3.63) is 40.8 Å². The van der Waals surface area contributed by atoms with E-state index in [-0.39, 0.29) is 10.6 Å². The molecule has 0 saturated carbocycles. The fraction of sp³-hybridized carbons (Fsp3) is 0.375. The van der Waals surface area contributed by atoms with Gasteiger partial charge in [0.2, 0.25) is 5.75 Å². The molecule has 2 aromatic rings. The van der Waals surface area contributed by atoms with E-state index in [0.717, 1.165) is 16.9 Å². The first kappa shape index (κ1) is 15.6. The van der Waals surface area contributed by atoms with Crippen molar-refractivity contribution in [2.45, 2.75) is 33.1 Å². The lowest BCUT2D eigenvalue weighted by Crippen LogP contribution is -2.13. The number of hydrogen-bond donors (Lipinski definition) is 0. The lowest BCUT2D eigenvalue weighted by Gasteiger charge is -2.23. The van der Waals surface area contributed by atoms with Crippen molar-refractivity contribution in [2.24, 2.45) is 0 Å². The minimum absolute atomic E-state index is 0.0485. The van der Waals surface area contributed by atoms with Gasteiger partial charge in [0.05, 0.1) is 7.11 Å². The Balaban J connectivity index is 2.49. The summed E-state index contributed by atoms with van der Waals surface area (Å²) in [5.41, 5.74) is 2.15. The van der Waals surface area contributed by atoms with Crippen molar-refractivity contribution in [1.29, 1.82) is 0 Å². The normalized spacial score (nSPS) is 11.3. The summed E-state index contributed by atoms with van der Waals surface area (Å²) in [5, 5.41) is 0.229. The van der Waals surface area contributed by atoms with Crippen LogP contribution in [0.2, 0.25) is 5.15 Å². The summed E-state index contributed by atoms with van der Waals surface area (Å²) >= 11 is 6.00. The summed E-state index contributed by atoms with van der Waals surface area (Å²) in [4.78, 5) is 8.01. The highest BCUT2D eigenvalue weighted by Gasteiger charge is 2.21. The molecule has 0 aliphatic heterocycles. The molecule has 112 valence electrons. The Bertz CT molecular complexity index is 651. The molecule has 0 amide bonds. The van der Waals surface area contributed by atoms with E-state index in [2.05, 4.69) is 42.9 Å². The second kappa shape index (κ2) is 5.90. The minimum Gasteiger partial charge on any atom is -0.489 e. The van der Waals surface area contributed by atoms with Gasteiger partial charge in [0.1, 0.15) is 12.1 Å². The molecule has 1 aromatic heterocycles. The number of aryl methyl sites for hydroxylation is 1. The molecule has 0 aliphatic rings. The summed E-state index contributed by atoms with van der Waals surface area (Å²) in [6.07, 6.45) is 1.35. The predicted molar refractivity (Wildman–Crippen MR) is 83.5 cm³/mol. The van der Waals surface area contributed by atoms with Crippen LogP contribution in [-0.2, 0) is 5.41 Å². The van der Waals surface area contributed by atoms with Crippen molar-refractivity contribution >= 4 is 11.6 Å². The zero-order valence-electron chi connectivity index (χ0n) is 12.9. The van der Waals surface area contributed by atoms with E-state index < -0.39 is 0 Å². The standard InChI is InChI=1S/C16H19ClN2O2/c1-10-6-7-11(16(2,3)4)12(8-10)21-15-13(20-5)14(17)18-9-19-15/h6-9H,1-5H3. The number of rotatable bonds is 3. The Morgan fingerprint density at radius 2 is 1.86 bits per heavy atom. The van der Waals surface area contributed by atoms with E-state index in [1.54, 1.807) is 0 Å². The maximum absolute atomic E-state index is 6.00. The number of ether oxygens (including phenoxy) is 2. The molecule has 5 heteroatoms. The molecule has 0 spiro atoms. The van der Waals surface area contributed by atoms with Crippen LogP contribution < -0.4 is 9.47 Å². The van der Waals surface area contributed by atoms with Crippen molar-refractivity contribution in [1.82, 2.24) is 9.97 Å². The van der Waals surface area contributed by atoms with Crippen LogP contribution >= 0.6 is 11.6 Å². The van der Waals surface area contributed by atoms with Crippen LogP contribution in [0.1, 0.15) is 31.9 Å². The third kappa shape index (κ3) is 3.45. The second-order valence-electron chi connectivity index (χ2n) is 5.85. The van der Waals surface area contributed by atoms with Crippen LogP contribution in [0, 0.1) is 6.92 Å². The minimum atomic E-state index is -0.0485. The molecule has 0 saturated heterocycles. The highest BCUT2D eigenvalue weighted by atomic mass is 35.5. The smallest absolute Gasteiger partial charge is 0.267 e. The van der Waals surface area contributed by atoms with Crippen LogP contribution in [0.15, 0.2) is 24.5 Å². The largest absolute Gasteiger partial charge is 0.489 e. The molecule has 0 bridgehead atoms. The van der Waals surface area contributed by atoms with Crippen molar-refractivity contribution < 1.29 is 9.47 Å². The molecule has 2 rings (SSSR count). The highest BCUT2D eigenvalue weighted by molar-refractivity contribution is 6.31. The quantitative estimate of drug-likeness (QED) is 0.781. The van der Waals surface area contributed by atoms with E-state index in [9.17, 15) is 0 Å². The number of benzene rings is 1. The van der Waals surface area contributed by atoms with Crippen LogP contribution in [0.25, 0.3) is 0 Å². The summed E-state index contributed by atoms with van der Waals surface area (Å²) in [6, 6.07) is 6.12. The first-order valence-electron chi connectivity index (χ1n) is 6.66. The molecule has 0 atom stereocenters. The van der Waals surface area contributed by atoms with Crippen LogP contribution in [-0.4, -0.2) is 17.1 Å². The van der Waals surface area contributed by atoms with Gasteiger partial charge in [-0.05, 0) is 24.0 Å². The van der Waals surface area contributed by atoms with Gasteiger partial charge < -0.3 is 9.47 Å². The van der Waals surface area contributed by atoms with Gasteiger partial charge in [-0.1, -0.05) is 44.5 Å². The molecule has 0 aliphatic carbocycles. The van der Waals surface area contributed by atoms with Crippen LogP contribution in [0.3, 0.4) is 0 Å². The first-order valence-corrected chi connectivity index (χ1v) is 7.04. The van der Waals surface area contributed by atoms with E-state index >= 15 is 0 Å². The van der Waals surface area contributed by atoms with Gasteiger partial charge in [0.15, 0.2) is 5.15 Å². The summed E-state index contributed by atoms with van der Waals surface area (Å²) in [7, 11) is 1.51. The van der Waals surface area contributed by atoms with Gasteiger partial charge >= 0.3 is 0 Å². The van der Waals surface area contributed by atoms with Gasteiger partial charge in [-0.25, -0.2) is 4.98 Å². The number of nitrogens with zero attached hydrogens (tertiary/aromatic N) is 2. The second-order valence-corrected chi connectivity index (χ2v) is 6.21. The number of methoxy groups -OCH3 is 1.